The van der Waals surface area contributed by atoms with Gasteiger partial charge in [-0.25, -0.2) is 0 Å². The summed E-state index contributed by atoms with van der Waals surface area (Å²) in [5, 5.41) is 2.86. The second-order valence-corrected chi connectivity index (χ2v) is 6.05. The van der Waals surface area contributed by atoms with E-state index < -0.39 is 0 Å². The zero-order valence-electron chi connectivity index (χ0n) is 9.37. The first kappa shape index (κ1) is 12.3. The highest BCUT2D eigenvalue weighted by Gasteiger charge is 2.04. The van der Waals surface area contributed by atoms with Crippen molar-refractivity contribution in [3.63, 3.8) is 0 Å². The van der Waals surface area contributed by atoms with Crippen molar-refractivity contribution in [2.75, 3.05) is 5.32 Å². The first-order valence-corrected chi connectivity index (χ1v) is 6.95. The molecule has 1 aromatic carbocycles. The molecule has 2 rings (SSSR count). The number of benzene rings is 1. The lowest BCUT2D eigenvalue weighted by atomic mass is 10.1. The van der Waals surface area contributed by atoms with Gasteiger partial charge < -0.3 is 5.32 Å². The predicted octanol–water partition coefficient (Wildman–Crippen LogP) is 4.53. The molecule has 0 aliphatic rings. The topological polar surface area (TPSA) is 29.1 Å². The molecule has 0 radical (unpaired) electrons. The van der Waals surface area contributed by atoms with E-state index in [1.165, 1.54) is 4.88 Å². The fourth-order valence-corrected chi connectivity index (χ4v) is 2.85. The molecule has 0 saturated heterocycles. The summed E-state index contributed by atoms with van der Waals surface area (Å²) in [5.74, 6) is 0.0366. The normalized spacial score (nSPS) is 10.2. The third-order valence-electron chi connectivity index (χ3n) is 2.33. The van der Waals surface area contributed by atoms with Crippen LogP contribution in [0.3, 0.4) is 0 Å². The SMILES string of the molecule is CCC(=O)Nc1cccc(-c2ccc(Br)s2)c1. The van der Waals surface area contributed by atoms with Crippen LogP contribution in [0.2, 0.25) is 0 Å². The number of anilines is 1. The van der Waals surface area contributed by atoms with Crippen LogP contribution in [0.5, 0.6) is 0 Å². The predicted molar refractivity (Wildman–Crippen MR) is 76.4 cm³/mol. The average Bonchev–Trinajstić information content (AvgIpc) is 2.76. The molecule has 1 heterocycles. The Hall–Kier alpha value is -1.13. The lowest BCUT2D eigenvalue weighted by Gasteiger charge is -2.05. The lowest BCUT2D eigenvalue weighted by molar-refractivity contribution is -0.115. The van der Waals surface area contributed by atoms with Crippen molar-refractivity contribution in [3.05, 3.63) is 40.2 Å². The van der Waals surface area contributed by atoms with E-state index in [2.05, 4.69) is 27.3 Å². The third kappa shape index (κ3) is 3.17. The summed E-state index contributed by atoms with van der Waals surface area (Å²) in [6.07, 6.45) is 0.495. The Labute approximate surface area is 113 Å². The molecule has 0 bridgehead atoms. The zero-order chi connectivity index (χ0) is 12.3. The highest BCUT2D eigenvalue weighted by atomic mass is 79.9. The second kappa shape index (κ2) is 5.47. The van der Waals surface area contributed by atoms with E-state index in [-0.39, 0.29) is 5.91 Å². The van der Waals surface area contributed by atoms with Gasteiger partial charge in [-0.1, -0.05) is 19.1 Å². The first-order valence-electron chi connectivity index (χ1n) is 5.34. The van der Waals surface area contributed by atoms with Gasteiger partial charge in [0.25, 0.3) is 0 Å². The van der Waals surface area contributed by atoms with Gasteiger partial charge in [0.15, 0.2) is 0 Å². The lowest BCUT2D eigenvalue weighted by Crippen LogP contribution is -2.09. The van der Waals surface area contributed by atoms with Gasteiger partial charge in [-0.05, 0) is 45.8 Å². The Morgan fingerprint density at radius 3 is 2.82 bits per heavy atom. The van der Waals surface area contributed by atoms with Gasteiger partial charge in [0, 0.05) is 17.0 Å². The molecule has 2 aromatic rings. The van der Waals surface area contributed by atoms with Crippen LogP contribution in [0.15, 0.2) is 40.2 Å². The molecule has 88 valence electrons. The molecule has 0 fully saturated rings. The number of amides is 1. The largest absolute Gasteiger partial charge is 0.326 e. The van der Waals surface area contributed by atoms with E-state index in [0.717, 1.165) is 15.0 Å². The van der Waals surface area contributed by atoms with Crippen molar-refractivity contribution >= 4 is 38.9 Å². The summed E-state index contributed by atoms with van der Waals surface area (Å²) in [6.45, 7) is 1.84. The Kier molecular flexibility index (Phi) is 3.97. The van der Waals surface area contributed by atoms with E-state index in [0.29, 0.717) is 6.42 Å². The molecule has 0 saturated carbocycles. The molecule has 0 atom stereocenters. The van der Waals surface area contributed by atoms with Crippen molar-refractivity contribution in [1.29, 1.82) is 0 Å². The second-order valence-electron chi connectivity index (χ2n) is 3.59. The number of carbonyl (C=O) groups excluding carboxylic acids is 1. The van der Waals surface area contributed by atoms with Crippen molar-refractivity contribution in [1.82, 2.24) is 0 Å². The average molecular weight is 310 g/mol. The fraction of sp³-hybridized carbons (Fsp3) is 0.154. The molecule has 1 amide bonds. The van der Waals surface area contributed by atoms with Crippen molar-refractivity contribution in [2.24, 2.45) is 0 Å². The maximum Gasteiger partial charge on any atom is 0.224 e. The molecule has 0 aliphatic carbocycles. The molecule has 2 nitrogen and oxygen atoms in total. The molecule has 1 aromatic heterocycles. The summed E-state index contributed by atoms with van der Waals surface area (Å²) < 4.78 is 1.11. The van der Waals surface area contributed by atoms with Gasteiger partial charge in [-0.15, -0.1) is 11.3 Å². The van der Waals surface area contributed by atoms with E-state index >= 15 is 0 Å². The summed E-state index contributed by atoms with van der Waals surface area (Å²) in [5.41, 5.74) is 1.97. The van der Waals surface area contributed by atoms with Crippen LogP contribution < -0.4 is 5.32 Å². The summed E-state index contributed by atoms with van der Waals surface area (Å²) >= 11 is 5.13. The van der Waals surface area contributed by atoms with Crippen molar-refractivity contribution in [2.45, 2.75) is 13.3 Å². The van der Waals surface area contributed by atoms with Gasteiger partial charge >= 0.3 is 0 Å². The van der Waals surface area contributed by atoms with Gasteiger partial charge in [0.05, 0.1) is 3.79 Å². The molecule has 0 aliphatic heterocycles. The van der Waals surface area contributed by atoms with Crippen LogP contribution in [-0.2, 0) is 4.79 Å². The van der Waals surface area contributed by atoms with Crippen LogP contribution in [0.4, 0.5) is 5.69 Å². The highest BCUT2D eigenvalue weighted by Crippen LogP contribution is 2.32. The summed E-state index contributed by atoms with van der Waals surface area (Å²) in [4.78, 5) is 12.5. The molecule has 1 N–H and O–H groups in total. The first-order chi connectivity index (χ1) is 8.19. The van der Waals surface area contributed by atoms with Gasteiger partial charge in [-0.3, -0.25) is 4.79 Å². The maximum atomic E-state index is 11.3. The smallest absolute Gasteiger partial charge is 0.224 e. The minimum Gasteiger partial charge on any atom is -0.326 e. The van der Waals surface area contributed by atoms with Gasteiger partial charge in [0.2, 0.25) is 5.91 Å². The van der Waals surface area contributed by atoms with E-state index in [1.54, 1.807) is 11.3 Å². The van der Waals surface area contributed by atoms with Crippen molar-refractivity contribution in [3.8, 4) is 10.4 Å². The Balaban J connectivity index is 2.25. The molecule has 4 heteroatoms. The molecule has 0 spiro atoms. The van der Waals surface area contributed by atoms with Gasteiger partial charge in [-0.2, -0.15) is 0 Å². The molecule has 0 unspecified atom stereocenters. The number of thiophene rings is 1. The minimum absolute atomic E-state index is 0.0366. The Bertz CT molecular complexity index is 536. The number of hydrogen-bond acceptors (Lipinski definition) is 2. The summed E-state index contributed by atoms with van der Waals surface area (Å²) in [6, 6.07) is 12.0. The van der Waals surface area contributed by atoms with Crippen LogP contribution >= 0.6 is 27.3 Å². The Morgan fingerprint density at radius 1 is 1.35 bits per heavy atom. The number of hydrogen-bond donors (Lipinski definition) is 1. The van der Waals surface area contributed by atoms with E-state index in [1.807, 2.05) is 37.3 Å². The standard InChI is InChI=1S/C13H12BrNOS/c1-2-13(16)15-10-5-3-4-9(8-10)11-6-7-12(14)17-11/h3-8H,2H2,1H3,(H,15,16). The summed E-state index contributed by atoms with van der Waals surface area (Å²) in [7, 11) is 0. The van der Waals surface area contributed by atoms with E-state index in [9.17, 15) is 4.79 Å². The van der Waals surface area contributed by atoms with Crippen LogP contribution in [-0.4, -0.2) is 5.91 Å². The quantitative estimate of drug-likeness (QED) is 0.887. The number of nitrogens with one attached hydrogen (secondary N) is 1. The van der Waals surface area contributed by atoms with Crippen molar-refractivity contribution < 1.29 is 4.79 Å². The maximum absolute atomic E-state index is 11.3. The third-order valence-corrected chi connectivity index (χ3v) is 4.00. The number of halogens is 1. The van der Waals surface area contributed by atoms with Crippen LogP contribution in [0.25, 0.3) is 10.4 Å². The minimum atomic E-state index is 0.0366. The van der Waals surface area contributed by atoms with E-state index in [4.69, 9.17) is 0 Å². The number of rotatable bonds is 3. The molecule has 17 heavy (non-hydrogen) atoms. The zero-order valence-corrected chi connectivity index (χ0v) is 11.8. The van der Waals surface area contributed by atoms with Crippen LogP contribution in [0, 0.1) is 0 Å². The molecular formula is C13H12BrNOS. The van der Waals surface area contributed by atoms with Gasteiger partial charge in [0.1, 0.15) is 0 Å². The highest BCUT2D eigenvalue weighted by molar-refractivity contribution is 9.11. The molecular weight excluding hydrogens is 298 g/mol. The van der Waals surface area contributed by atoms with Crippen LogP contribution in [0.1, 0.15) is 13.3 Å². The fourth-order valence-electron chi connectivity index (χ4n) is 1.47. The monoisotopic (exact) mass is 309 g/mol. The Morgan fingerprint density at radius 2 is 2.18 bits per heavy atom. The number of carbonyl (C=O) groups is 1.